The normalized spacial score (nSPS) is 16.5. The van der Waals surface area contributed by atoms with Crippen molar-refractivity contribution in [1.29, 1.82) is 0 Å². The van der Waals surface area contributed by atoms with Crippen LogP contribution in [0.1, 0.15) is 34.0 Å². The van der Waals surface area contributed by atoms with E-state index in [-0.39, 0.29) is 22.9 Å². The largest absolute Gasteiger partial charge is 0.507 e. The Labute approximate surface area is 236 Å². The van der Waals surface area contributed by atoms with Gasteiger partial charge in [0.25, 0.3) is 11.7 Å². The van der Waals surface area contributed by atoms with Gasteiger partial charge in [-0.2, -0.15) is 0 Å². The third kappa shape index (κ3) is 5.53. The minimum Gasteiger partial charge on any atom is -0.507 e. The molecule has 1 aliphatic rings. The quantitative estimate of drug-likeness (QED) is 0.151. The second kappa shape index (κ2) is 11.3. The molecule has 0 saturated carbocycles. The molecule has 4 aromatic rings. The van der Waals surface area contributed by atoms with Gasteiger partial charge >= 0.3 is 0 Å². The van der Waals surface area contributed by atoms with Crippen LogP contribution in [0.15, 0.2) is 96.7 Å². The molecule has 1 fully saturated rings. The van der Waals surface area contributed by atoms with Crippen molar-refractivity contribution >= 4 is 40.7 Å². The first-order valence-corrected chi connectivity index (χ1v) is 13.0. The van der Waals surface area contributed by atoms with Gasteiger partial charge < -0.3 is 14.7 Å². The Morgan fingerprint density at radius 1 is 0.949 bits per heavy atom. The van der Waals surface area contributed by atoms with E-state index in [9.17, 15) is 14.7 Å². The molecule has 1 aliphatic heterocycles. The molecule has 1 amide bonds. The Morgan fingerprint density at radius 2 is 1.72 bits per heavy atom. The Balaban J connectivity index is 1.53. The highest BCUT2D eigenvalue weighted by molar-refractivity contribution is 6.46. The van der Waals surface area contributed by atoms with Crippen LogP contribution in [0.2, 0.25) is 10.0 Å². The number of rotatable bonds is 7. The van der Waals surface area contributed by atoms with Crippen LogP contribution in [0.5, 0.6) is 5.75 Å². The van der Waals surface area contributed by atoms with Gasteiger partial charge in [-0.15, -0.1) is 0 Å². The van der Waals surface area contributed by atoms with Gasteiger partial charge in [0.05, 0.1) is 33.9 Å². The number of nitrogens with zero attached hydrogens (tertiary/aromatic N) is 2. The number of benzene rings is 3. The molecule has 1 unspecified atom stereocenters. The highest BCUT2D eigenvalue weighted by Crippen LogP contribution is 2.42. The van der Waals surface area contributed by atoms with Gasteiger partial charge in [-0.3, -0.25) is 14.6 Å². The summed E-state index contributed by atoms with van der Waals surface area (Å²) in [5, 5.41) is 12.0. The Kier molecular flexibility index (Phi) is 7.68. The van der Waals surface area contributed by atoms with E-state index in [1.807, 2.05) is 37.3 Å². The van der Waals surface area contributed by atoms with Crippen LogP contribution in [0.4, 0.5) is 0 Å². The predicted octanol–water partition coefficient (Wildman–Crippen LogP) is 6.90. The molecule has 2 heterocycles. The van der Waals surface area contributed by atoms with Gasteiger partial charge in [0.1, 0.15) is 18.1 Å². The Morgan fingerprint density at radius 3 is 2.41 bits per heavy atom. The van der Waals surface area contributed by atoms with Crippen LogP contribution in [0.25, 0.3) is 5.76 Å². The van der Waals surface area contributed by atoms with Gasteiger partial charge in [0, 0.05) is 11.8 Å². The maximum absolute atomic E-state index is 13.4. The minimum atomic E-state index is -0.893. The maximum atomic E-state index is 13.4. The molecule has 1 aromatic heterocycles. The molecular weight excluding hydrogens is 535 g/mol. The van der Waals surface area contributed by atoms with E-state index in [2.05, 4.69) is 4.98 Å². The van der Waals surface area contributed by atoms with Crippen molar-refractivity contribution in [1.82, 2.24) is 9.88 Å². The van der Waals surface area contributed by atoms with Crippen LogP contribution in [-0.4, -0.2) is 26.7 Å². The average molecular weight is 559 g/mol. The number of carbonyl (C=O) groups excluding carboxylic acids is 2. The summed E-state index contributed by atoms with van der Waals surface area (Å²) in [5.41, 5.74) is 3.29. The number of aliphatic hydroxyl groups is 1. The smallest absolute Gasteiger partial charge is 0.296 e. The molecule has 0 bridgehead atoms. The van der Waals surface area contributed by atoms with Gasteiger partial charge in [0.2, 0.25) is 0 Å². The summed E-state index contributed by atoms with van der Waals surface area (Å²) in [5.74, 6) is -1.17. The van der Waals surface area contributed by atoms with Gasteiger partial charge in [-0.05, 0) is 66.1 Å². The Bertz CT molecular complexity index is 1570. The average Bonchev–Trinajstić information content (AvgIpc) is 3.19. The molecule has 8 heteroatoms. The number of ketones is 1. The SMILES string of the molecule is Cc1cc(/C(O)=C2/C(=O)C(=O)N(Cc3ccccn3)C2c2ccc(Cl)c(Cl)c2)ccc1OCc1ccccc1. The Hall–Kier alpha value is -4.13. The number of pyridine rings is 1. The molecule has 6 nitrogen and oxygen atoms in total. The van der Waals surface area contributed by atoms with Gasteiger partial charge in [-0.25, -0.2) is 0 Å². The fraction of sp³-hybridized carbons (Fsp3) is 0.129. The van der Waals surface area contributed by atoms with Crippen LogP contribution in [0, 0.1) is 6.92 Å². The topological polar surface area (TPSA) is 79.7 Å². The van der Waals surface area contributed by atoms with Crippen molar-refractivity contribution in [3.05, 3.63) is 135 Å². The zero-order chi connectivity index (χ0) is 27.5. The van der Waals surface area contributed by atoms with Crippen molar-refractivity contribution in [2.24, 2.45) is 0 Å². The lowest BCUT2D eigenvalue weighted by molar-refractivity contribution is -0.140. The number of halogens is 2. The lowest BCUT2D eigenvalue weighted by atomic mass is 9.94. The van der Waals surface area contributed by atoms with Crippen molar-refractivity contribution in [2.75, 3.05) is 0 Å². The monoisotopic (exact) mass is 558 g/mol. The van der Waals surface area contributed by atoms with E-state index >= 15 is 0 Å². The highest BCUT2D eigenvalue weighted by Gasteiger charge is 2.46. The molecule has 0 aliphatic carbocycles. The highest BCUT2D eigenvalue weighted by atomic mass is 35.5. The van der Waals surface area contributed by atoms with Gasteiger partial charge in [0.15, 0.2) is 0 Å². The zero-order valence-electron chi connectivity index (χ0n) is 21.0. The molecule has 3 aromatic carbocycles. The number of Topliss-reactive ketones (excluding diaryl/α,β-unsaturated/α-hetero) is 1. The van der Waals surface area contributed by atoms with Crippen molar-refractivity contribution < 1.29 is 19.4 Å². The first-order valence-electron chi connectivity index (χ1n) is 12.2. The van der Waals surface area contributed by atoms with E-state index in [1.165, 1.54) is 4.90 Å². The number of aromatic nitrogens is 1. The third-order valence-electron chi connectivity index (χ3n) is 6.54. The molecule has 196 valence electrons. The van der Waals surface area contributed by atoms with E-state index in [4.69, 9.17) is 27.9 Å². The van der Waals surface area contributed by atoms with E-state index in [0.717, 1.165) is 11.1 Å². The number of likely N-dealkylation sites (tertiary alicyclic amines) is 1. The first-order chi connectivity index (χ1) is 18.8. The molecule has 1 atom stereocenters. The lowest BCUT2D eigenvalue weighted by Gasteiger charge is -2.25. The van der Waals surface area contributed by atoms with Crippen LogP contribution in [0.3, 0.4) is 0 Å². The number of hydrogen-bond acceptors (Lipinski definition) is 5. The third-order valence-corrected chi connectivity index (χ3v) is 7.28. The number of ether oxygens (including phenoxy) is 1. The van der Waals surface area contributed by atoms with Crippen molar-refractivity contribution in [3.8, 4) is 5.75 Å². The predicted molar refractivity (Wildman–Crippen MR) is 150 cm³/mol. The standard InChI is InChI=1S/C31H24Cl2N2O4/c1-19-15-22(11-13-26(19)39-18-20-7-3-2-4-8-20)29(36)27-28(21-10-12-24(32)25(33)16-21)35(31(38)30(27)37)17-23-9-5-6-14-34-23/h2-16,28,36H,17-18H2,1H3/b29-27-. The minimum absolute atomic E-state index is 0.0355. The molecular formula is C31H24Cl2N2O4. The fourth-order valence-corrected chi connectivity index (χ4v) is 4.89. The van der Waals surface area contributed by atoms with Crippen molar-refractivity contribution in [2.45, 2.75) is 26.1 Å². The summed E-state index contributed by atoms with van der Waals surface area (Å²) in [6.07, 6.45) is 1.62. The molecule has 0 radical (unpaired) electrons. The molecule has 0 spiro atoms. The molecule has 1 saturated heterocycles. The zero-order valence-corrected chi connectivity index (χ0v) is 22.5. The number of aliphatic hydroxyl groups excluding tert-OH is 1. The van der Waals surface area contributed by atoms with Crippen LogP contribution in [-0.2, 0) is 22.7 Å². The summed E-state index contributed by atoms with van der Waals surface area (Å²) in [6.45, 7) is 2.31. The molecule has 39 heavy (non-hydrogen) atoms. The summed E-state index contributed by atoms with van der Waals surface area (Å²) >= 11 is 12.4. The summed E-state index contributed by atoms with van der Waals surface area (Å²) < 4.78 is 5.96. The lowest BCUT2D eigenvalue weighted by Crippen LogP contribution is -2.29. The van der Waals surface area contributed by atoms with Crippen LogP contribution < -0.4 is 4.74 Å². The molecule has 5 rings (SSSR count). The van der Waals surface area contributed by atoms with E-state index in [0.29, 0.717) is 34.2 Å². The summed E-state index contributed by atoms with van der Waals surface area (Å²) in [7, 11) is 0. The number of amides is 1. The maximum Gasteiger partial charge on any atom is 0.296 e. The summed E-state index contributed by atoms with van der Waals surface area (Å²) in [6, 6.07) is 24.3. The second-order valence-electron chi connectivity index (χ2n) is 9.18. The molecule has 1 N–H and O–H groups in total. The number of carbonyl (C=O) groups is 2. The first kappa shape index (κ1) is 26.5. The fourth-order valence-electron chi connectivity index (χ4n) is 4.59. The van der Waals surface area contributed by atoms with E-state index < -0.39 is 17.7 Å². The second-order valence-corrected chi connectivity index (χ2v) is 9.99. The van der Waals surface area contributed by atoms with Crippen LogP contribution >= 0.6 is 23.2 Å². The number of aryl methyl sites for hydroxylation is 1. The van der Waals surface area contributed by atoms with Crippen molar-refractivity contribution in [3.63, 3.8) is 0 Å². The van der Waals surface area contributed by atoms with Gasteiger partial charge in [-0.1, -0.05) is 65.7 Å². The van der Waals surface area contributed by atoms with E-state index in [1.54, 1.807) is 60.8 Å². The summed E-state index contributed by atoms with van der Waals surface area (Å²) in [4.78, 5) is 32.3. The number of hydrogen-bond donors (Lipinski definition) is 1.